The quantitative estimate of drug-likeness (QED) is 0.563. The zero-order valence-corrected chi connectivity index (χ0v) is 17.3. The van der Waals surface area contributed by atoms with Crippen LogP contribution in [0.4, 0.5) is 0 Å². The van der Waals surface area contributed by atoms with Crippen LogP contribution in [0.25, 0.3) is 0 Å². The van der Waals surface area contributed by atoms with E-state index in [9.17, 15) is 4.79 Å². The second-order valence-electron chi connectivity index (χ2n) is 9.43. The summed E-state index contributed by atoms with van der Waals surface area (Å²) in [6.07, 6.45) is 2.85. The van der Waals surface area contributed by atoms with Gasteiger partial charge in [0.2, 0.25) is 12.1 Å². The average molecular weight is 402 g/mol. The summed E-state index contributed by atoms with van der Waals surface area (Å²) < 4.78 is 18.4. The number of carbonyl (C=O) groups excluding carboxylic acids is 1. The Labute approximate surface area is 171 Å². The molecule has 6 heteroatoms. The van der Waals surface area contributed by atoms with Gasteiger partial charge in [0, 0.05) is 18.3 Å². The fourth-order valence-corrected chi connectivity index (χ4v) is 5.94. The molecule has 1 saturated carbocycles. The SMILES string of the molecule is C[C@H]1C(OC(=O)Cc2ccccc2)O[C@@H]2OC3(C)CCC4[C@H](C)CCC1[C@]42OO3. The summed E-state index contributed by atoms with van der Waals surface area (Å²) in [5.74, 6) is -0.146. The monoisotopic (exact) mass is 402 g/mol. The molecule has 158 valence electrons. The molecule has 5 aliphatic rings. The van der Waals surface area contributed by atoms with Gasteiger partial charge in [-0.3, -0.25) is 4.79 Å². The first-order valence-corrected chi connectivity index (χ1v) is 10.8. The number of ether oxygens (including phenoxy) is 3. The molecule has 6 rings (SSSR count). The Hall–Kier alpha value is -1.47. The lowest BCUT2D eigenvalue weighted by Gasteiger charge is -2.59. The number of fused-ring (bicyclic) bond motifs is 2. The van der Waals surface area contributed by atoms with Crippen LogP contribution in [-0.2, 0) is 35.2 Å². The van der Waals surface area contributed by atoms with Gasteiger partial charge < -0.3 is 14.2 Å². The molecule has 1 aromatic rings. The molecule has 8 atom stereocenters. The summed E-state index contributed by atoms with van der Waals surface area (Å²) in [4.78, 5) is 24.5. The molecule has 0 N–H and O–H groups in total. The molecule has 29 heavy (non-hydrogen) atoms. The number of hydrogen-bond acceptors (Lipinski definition) is 6. The van der Waals surface area contributed by atoms with Crippen LogP contribution in [0.3, 0.4) is 0 Å². The van der Waals surface area contributed by atoms with Gasteiger partial charge in [-0.05, 0) is 43.6 Å². The highest BCUT2D eigenvalue weighted by molar-refractivity contribution is 5.72. The van der Waals surface area contributed by atoms with Crippen molar-refractivity contribution in [3.63, 3.8) is 0 Å². The lowest BCUT2D eigenvalue weighted by atomic mass is 9.58. The lowest BCUT2D eigenvalue weighted by molar-refractivity contribution is -0.576. The van der Waals surface area contributed by atoms with E-state index in [1.54, 1.807) is 0 Å². The maximum atomic E-state index is 12.6. The molecule has 0 radical (unpaired) electrons. The highest BCUT2D eigenvalue weighted by Gasteiger charge is 2.69. The van der Waals surface area contributed by atoms with E-state index in [4.69, 9.17) is 24.0 Å². The third-order valence-electron chi connectivity index (χ3n) is 7.54. The molecule has 2 bridgehead atoms. The van der Waals surface area contributed by atoms with Gasteiger partial charge in [-0.15, -0.1) is 0 Å². The van der Waals surface area contributed by atoms with Gasteiger partial charge in [-0.2, -0.15) is 0 Å². The standard InChI is InChI=1S/C23H30O6/c1-14-9-10-18-15(2)20(25-19(24)13-16-7-5-4-6-8-16)26-21-23(18)17(14)11-12-22(3,27-21)28-29-23/h4-8,14-15,17-18,20-21H,9-13H2,1-3H3/t14-,15-,17?,18?,20?,21-,22?,23-/m1/s1. The van der Waals surface area contributed by atoms with Crippen LogP contribution in [0.15, 0.2) is 30.3 Å². The molecular formula is C23H30O6. The van der Waals surface area contributed by atoms with Gasteiger partial charge in [0.1, 0.15) is 0 Å². The topological polar surface area (TPSA) is 63.2 Å². The van der Waals surface area contributed by atoms with Crippen molar-refractivity contribution in [3.05, 3.63) is 35.9 Å². The van der Waals surface area contributed by atoms with E-state index < -0.39 is 24.0 Å². The molecule has 1 aromatic carbocycles. The van der Waals surface area contributed by atoms with E-state index in [0.29, 0.717) is 11.8 Å². The van der Waals surface area contributed by atoms with Crippen LogP contribution in [0, 0.1) is 23.7 Å². The molecule has 4 saturated heterocycles. The largest absolute Gasteiger partial charge is 0.435 e. The fraction of sp³-hybridized carbons (Fsp3) is 0.696. The number of carbonyl (C=O) groups is 1. The van der Waals surface area contributed by atoms with Gasteiger partial charge in [0.05, 0.1) is 6.42 Å². The molecule has 5 fully saturated rings. The highest BCUT2D eigenvalue weighted by Crippen LogP contribution is 2.60. The predicted molar refractivity (Wildman–Crippen MR) is 103 cm³/mol. The van der Waals surface area contributed by atoms with Crippen molar-refractivity contribution in [2.45, 2.75) is 76.8 Å². The molecule has 1 aliphatic carbocycles. The summed E-state index contributed by atoms with van der Waals surface area (Å²) in [7, 11) is 0. The maximum Gasteiger partial charge on any atom is 0.312 e. The Balaban J connectivity index is 1.39. The number of hydrogen-bond donors (Lipinski definition) is 0. The second-order valence-corrected chi connectivity index (χ2v) is 9.43. The fourth-order valence-electron chi connectivity index (χ4n) is 5.94. The van der Waals surface area contributed by atoms with E-state index >= 15 is 0 Å². The van der Waals surface area contributed by atoms with Crippen LogP contribution in [0.1, 0.15) is 52.0 Å². The summed E-state index contributed by atoms with van der Waals surface area (Å²) in [5.41, 5.74) is 0.299. The van der Waals surface area contributed by atoms with E-state index in [1.165, 1.54) is 0 Å². The summed E-state index contributed by atoms with van der Waals surface area (Å²) in [5, 5.41) is 0. The van der Waals surface area contributed by atoms with Crippen molar-refractivity contribution < 1.29 is 28.8 Å². The zero-order chi connectivity index (χ0) is 20.2. The van der Waals surface area contributed by atoms with E-state index in [0.717, 1.165) is 31.2 Å². The molecule has 4 heterocycles. The maximum absolute atomic E-state index is 12.6. The van der Waals surface area contributed by atoms with Crippen LogP contribution >= 0.6 is 0 Å². The summed E-state index contributed by atoms with van der Waals surface area (Å²) in [6, 6.07) is 9.62. The Morgan fingerprint density at radius 3 is 2.69 bits per heavy atom. The van der Waals surface area contributed by atoms with Crippen molar-refractivity contribution in [3.8, 4) is 0 Å². The minimum absolute atomic E-state index is 0.00405. The molecular weight excluding hydrogens is 372 g/mol. The van der Waals surface area contributed by atoms with Crippen molar-refractivity contribution in [2.24, 2.45) is 23.7 Å². The Kier molecular flexibility index (Phi) is 4.74. The van der Waals surface area contributed by atoms with Crippen molar-refractivity contribution >= 4 is 5.97 Å². The highest BCUT2D eigenvalue weighted by atomic mass is 17.3. The van der Waals surface area contributed by atoms with Crippen LogP contribution < -0.4 is 0 Å². The average Bonchev–Trinajstić information content (AvgIpc) is 2.93. The number of esters is 1. The summed E-state index contributed by atoms with van der Waals surface area (Å²) in [6.45, 7) is 6.27. The third-order valence-corrected chi connectivity index (χ3v) is 7.54. The van der Waals surface area contributed by atoms with Gasteiger partial charge in [0.25, 0.3) is 0 Å². The molecule has 0 aromatic heterocycles. The van der Waals surface area contributed by atoms with Gasteiger partial charge in [-0.25, -0.2) is 9.78 Å². The molecule has 4 unspecified atom stereocenters. The molecule has 1 spiro atoms. The Bertz CT molecular complexity index is 768. The lowest BCUT2D eigenvalue weighted by Crippen LogP contribution is -2.70. The van der Waals surface area contributed by atoms with Gasteiger partial charge >= 0.3 is 5.97 Å². The van der Waals surface area contributed by atoms with Crippen LogP contribution in [0.2, 0.25) is 0 Å². The smallest absolute Gasteiger partial charge is 0.312 e. The van der Waals surface area contributed by atoms with Crippen molar-refractivity contribution in [2.75, 3.05) is 0 Å². The Morgan fingerprint density at radius 2 is 1.90 bits per heavy atom. The predicted octanol–water partition coefficient (Wildman–Crippen LogP) is 3.98. The van der Waals surface area contributed by atoms with Crippen molar-refractivity contribution in [1.29, 1.82) is 0 Å². The number of rotatable bonds is 3. The van der Waals surface area contributed by atoms with Gasteiger partial charge in [0.15, 0.2) is 11.9 Å². The zero-order valence-electron chi connectivity index (χ0n) is 17.3. The van der Waals surface area contributed by atoms with E-state index in [-0.39, 0.29) is 24.2 Å². The van der Waals surface area contributed by atoms with Crippen LogP contribution in [0.5, 0.6) is 0 Å². The normalized spacial score (nSPS) is 45.9. The minimum Gasteiger partial charge on any atom is -0.435 e. The number of benzene rings is 1. The first-order valence-electron chi connectivity index (χ1n) is 10.8. The van der Waals surface area contributed by atoms with Gasteiger partial charge in [-0.1, -0.05) is 44.2 Å². The Morgan fingerprint density at radius 1 is 1.10 bits per heavy atom. The third kappa shape index (κ3) is 3.12. The van der Waals surface area contributed by atoms with E-state index in [1.807, 2.05) is 37.3 Å². The molecule has 4 aliphatic heterocycles. The molecule has 0 amide bonds. The van der Waals surface area contributed by atoms with Crippen LogP contribution in [-0.4, -0.2) is 29.9 Å². The van der Waals surface area contributed by atoms with E-state index in [2.05, 4.69) is 13.8 Å². The second kappa shape index (κ2) is 7.05. The summed E-state index contributed by atoms with van der Waals surface area (Å²) >= 11 is 0. The first-order chi connectivity index (χ1) is 13.9. The molecule has 6 nitrogen and oxygen atoms in total. The first kappa shape index (κ1) is 19.5. The minimum atomic E-state index is -0.823. The van der Waals surface area contributed by atoms with Crippen molar-refractivity contribution in [1.82, 2.24) is 0 Å².